The van der Waals surface area contributed by atoms with Crippen LogP contribution in [0.2, 0.25) is 5.02 Å². The average molecular weight is 327 g/mol. The van der Waals surface area contributed by atoms with E-state index in [4.69, 9.17) is 16.3 Å². The largest absolute Gasteiger partial charge is 0.493 e. The number of aromatic nitrogens is 1. The molecular weight excluding hydrogens is 314 g/mol. The molecule has 2 aromatic rings. The Hall–Kier alpha value is -1.06. The summed E-state index contributed by atoms with van der Waals surface area (Å²) in [5.41, 5.74) is 2.01. The predicted octanol–water partition coefficient (Wildman–Crippen LogP) is 4.25. The summed E-state index contributed by atoms with van der Waals surface area (Å²) in [6.07, 6.45) is 2.58. The fourth-order valence-corrected chi connectivity index (χ4v) is 2.59. The van der Waals surface area contributed by atoms with Gasteiger partial charge in [-0.15, -0.1) is 0 Å². The molecule has 0 atom stereocenters. The molecule has 0 N–H and O–H groups in total. The molecule has 0 radical (unpaired) electrons. The molecule has 0 aliphatic rings. The van der Waals surface area contributed by atoms with Gasteiger partial charge in [-0.2, -0.15) is 0 Å². The SMILES string of the molecule is Clc1cccc(OCCc2ccccn2)c1CBr. The highest BCUT2D eigenvalue weighted by Gasteiger charge is 2.06. The molecule has 2 nitrogen and oxygen atoms in total. The number of nitrogens with zero attached hydrogens (tertiary/aromatic N) is 1. The molecule has 0 saturated carbocycles. The topological polar surface area (TPSA) is 22.1 Å². The number of alkyl halides is 1. The highest BCUT2D eigenvalue weighted by Crippen LogP contribution is 2.28. The van der Waals surface area contributed by atoms with E-state index in [1.165, 1.54) is 0 Å². The second-order valence-electron chi connectivity index (χ2n) is 3.77. The molecular formula is C14H13BrClNO. The molecule has 0 fully saturated rings. The number of pyridine rings is 1. The van der Waals surface area contributed by atoms with E-state index in [0.29, 0.717) is 11.9 Å². The summed E-state index contributed by atoms with van der Waals surface area (Å²) >= 11 is 9.52. The lowest BCUT2D eigenvalue weighted by Gasteiger charge is -2.10. The van der Waals surface area contributed by atoms with Crippen LogP contribution < -0.4 is 4.74 Å². The lowest BCUT2D eigenvalue weighted by Crippen LogP contribution is -2.04. The Morgan fingerprint density at radius 1 is 1.17 bits per heavy atom. The molecule has 0 unspecified atom stereocenters. The zero-order valence-electron chi connectivity index (χ0n) is 9.77. The number of hydrogen-bond acceptors (Lipinski definition) is 2. The maximum Gasteiger partial charge on any atom is 0.124 e. The van der Waals surface area contributed by atoms with E-state index in [1.54, 1.807) is 6.20 Å². The van der Waals surface area contributed by atoms with Crippen LogP contribution in [0, 0.1) is 0 Å². The van der Waals surface area contributed by atoms with Crippen LogP contribution in [0.3, 0.4) is 0 Å². The van der Waals surface area contributed by atoms with E-state index in [2.05, 4.69) is 20.9 Å². The smallest absolute Gasteiger partial charge is 0.124 e. The van der Waals surface area contributed by atoms with Gasteiger partial charge in [-0.25, -0.2) is 0 Å². The molecule has 0 spiro atoms. The second-order valence-corrected chi connectivity index (χ2v) is 4.74. The standard InChI is InChI=1S/C14H13BrClNO/c15-10-12-13(16)5-3-6-14(12)18-9-7-11-4-1-2-8-17-11/h1-6,8H,7,9-10H2. The van der Waals surface area contributed by atoms with Crippen molar-refractivity contribution >= 4 is 27.5 Å². The van der Waals surface area contributed by atoms with Crippen molar-refractivity contribution in [2.45, 2.75) is 11.8 Å². The van der Waals surface area contributed by atoms with Gasteiger partial charge in [-0.3, -0.25) is 4.98 Å². The van der Waals surface area contributed by atoms with Crippen LogP contribution in [-0.2, 0) is 11.8 Å². The second kappa shape index (κ2) is 6.76. The molecule has 0 aliphatic carbocycles. The summed E-state index contributed by atoms with van der Waals surface area (Å²) in [5.74, 6) is 0.829. The van der Waals surface area contributed by atoms with Crippen molar-refractivity contribution in [3.05, 3.63) is 58.9 Å². The molecule has 4 heteroatoms. The minimum Gasteiger partial charge on any atom is -0.493 e. The molecule has 0 aliphatic heterocycles. The van der Waals surface area contributed by atoms with E-state index in [-0.39, 0.29) is 0 Å². The number of halogens is 2. The van der Waals surface area contributed by atoms with Crippen molar-refractivity contribution in [1.82, 2.24) is 4.98 Å². The minimum atomic E-state index is 0.595. The van der Waals surface area contributed by atoms with Gasteiger partial charge in [0, 0.05) is 34.2 Å². The Morgan fingerprint density at radius 2 is 2.06 bits per heavy atom. The Labute approximate surface area is 120 Å². The van der Waals surface area contributed by atoms with Crippen molar-refractivity contribution in [3.63, 3.8) is 0 Å². The third kappa shape index (κ3) is 3.47. The molecule has 18 heavy (non-hydrogen) atoms. The van der Waals surface area contributed by atoms with Crippen LogP contribution in [0.5, 0.6) is 5.75 Å². The summed E-state index contributed by atoms with van der Waals surface area (Å²) in [4.78, 5) is 4.25. The van der Waals surface area contributed by atoms with Crippen LogP contribution in [0.1, 0.15) is 11.3 Å². The predicted molar refractivity (Wildman–Crippen MR) is 77.5 cm³/mol. The Kier molecular flexibility index (Phi) is 5.02. The van der Waals surface area contributed by atoms with Crippen LogP contribution in [0.4, 0.5) is 0 Å². The zero-order valence-corrected chi connectivity index (χ0v) is 12.1. The van der Waals surface area contributed by atoms with Gasteiger partial charge in [0.05, 0.1) is 6.61 Å². The van der Waals surface area contributed by atoms with Crippen LogP contribution in [0.15, 0.2) is 42.6 Å². The third-order valence-corrected chi connectivity index (χ3v) is 3.47. The van der Waals surface area contributed by atoms with E-state index in [1.807, 2.05) is 36.4 Å². The minimum absolute atomic E-state index is 0.595. The van der Waals surface area contributed by atoms with Crippen molar-refractivity contribution in [1.29, 1.82) is 0 Å². The summed E-state index contributed by atoms with van der Waals surface area (Å²) in [7, 11) is 0. The first kappa shape index (κ1) is 13.4. The number of ether oxygens (including phenoxy) is 1. The van der Waals surface area contributed by atoms with Crippen LogP contribution in [-0.4, -0.2) is 11.6 Å². The number of rotatable bonds is 5. The molecule has 0 amide bonds. The molecule has 1 aromatic carbocycles. The Morgan fingerprint density at radius 3 is 2.78 bits per heavy atom. The van der Waals surface area contributed by atoms with Gasteiger partial charge in [-0.1, -0.05) is 39.7 Å². The zero-order chi connectivity index (χ0) is 12.8. The number of benzene rings is 1. The van der Waals surface area contributed by atoms with Crippen LogP contribution >= 0.6 is 27.5 Å². The summed E-state index contributed by atoms with van der Waals surface area (Å²) in [6.45, 7) is 0.595. The first-order valence-electron chi connectivity index (χ1n) is 5.67. The normalized spacial score (nSPS) is 10.3. The number of hydrogen-bond donors (Lipinski definition) is 0. The fourth-order valence-electron chi connectivity index (χ4n) is 1.62. The molecule has 2 rings (SSSR count). The molecule has 94 valence electrons. The Balaban J connectivity index is 1.96. The maximum absolute atomic E-state index is 6.10. The maximum atomic E-state index is 6.10. The van der Waals surface area contributed by atoms with Gasteiger partial charge in [0.1, 0.15) is 5.75 Å². The van der Waals surface area contributed by atoms with E-state index >= 15 is 0 Å². The summed E-state index contributed by atoms with van der Waals surface area (Å²) in [6, 6.07) is 11.6. The van der Waals surface area contributed by atoms with Crippen molar-refractivity contribution in [2.24, 2.45) is 0 Å². The van der Waals surface area contributed by atoms with Gasteiger partial charge >= 0.3 is 0 Å². The average Bonchev–Trinajstić information content (AvgIpc) is 2.40. The van der Waals surface area contributed by atoms with Crippen molar-refractivity contribution in [2.75, 3.05) is 6.61 Å². The van der Waals surface area contributed by atoms with Gasteiger partial charge in [-0.05, 0) is 24.3 Å². The summed E-state index contributed by atoms with van der Waals surface area (Å²) < 4.78 is 5.76. The van der Waals surface area contributed by atoms with Gasteiger partial charge < -0.3 is 4.74 Å². The van der Waals surface area contributed by atoms with E-state index in [0.717, 1.165) is 28.5 Å². The highest BCUT2D eigenvalue weighted by molar-refractivity contribution is 9.08. The quantitative estimate of drug-likeness (QED) is 0.766. The fraction of sp³-hybridized carbons (Fsp3) is 0.214. The third-order valence-electron chi connectivity index (χ3n) is 2.55. The van der Waals surface area contributed by atoms with Crippen LogP contribution in [0.25, 0.3) is 0 Å². The first-order valence-corrected chi connectivity index (χ1v) is 7.17. The molecule has 0 bridgehead atoms. The molecule has 1 heterocycles. The Bertz CT molecular complexity index is 504. The highest BCUT2D eigenvalue weighted by atomic mass is 79.9. The monoisotopic (exact) mass is 325 g/mol. The molecule has 1 aromatic heterocycles. The van der Waals surface area contributed by atoms with Crippen molar-refractivity contribution < 1.29 is 4.74 Å². The van der Waals surface area contributed by atoms with Crippen molar-refractivity contribution in [3.8, 4) is 5.75 Å². The lowest BCUT2D eigenvalue weighted by atomic mass is 10.2. The lowest BCUT2D eigenvalue weighted by molar-refractivity contribution is 0.318. The summed E-state index contributed by atoms with van der Waals surface area (Å²) in [5, 5.41) is 1.41. The van der Waals surface area contributed by atoms with E-state index in [9.17, 15) is 0 Å². The van der Waals surface area contributed by atoms with E-state index < -0.39 is 0 Å². The van der Waals surface area contributed by atoms with Gasteiger partial charge in [0.2, 0.25) is 0 Å². The first-order chi connectivity index (χ1) is 8.81. The molecule has 0 saturated heterocycles. The van der Waals surface area contributed by atoms with Gasteiger partial charge in [0.15, 0.2) is 0 Å². The van der Waals surface area contributed by atoms with Gasteiger partial charge in [0.25, 0.3) is 0 Å².